The molecule has 0 aliphatic heterocycles. The minimum absolute atomic E-state index is 0.0406. The Morgan fingerprint density at radius 1 is 1.47 bits per heavy atom. The SMILES string of the molecule is COc1ccc(CNC(=O)Cc2csc(C)n2)cn1. The molecule has 2 aromatic rings. The summed E-state index contributed by atoms with van der Waals surface area (Å²) in [6.07, 6.45) is 2.00. The number of amides is 1. The van der Waals surface area contributed by atoms with Crippen molar-refractivity contribution in [3.05, 3.63) is 40.0 Å². The fourth-order valence-electron chi connectivity index (χ4n) is 1.55. The minimum Gasteiger partial charge on any atom is -0.481 e. The molecular formula is C13H15N3O2S. The lowest BCUT2D eigenvalue weighted by Gasteiger charge is -2.04. The Kier molecular flexibility index (Phi) is 4.46. The maximum atomic E-state index is 11.7. The molecule has 0 spiro atoms. The number of carbonyl (C=O) groups excluding carboxylic acids is 1. The van der Waals surface area contributed by atoms with Crippen LogP contribution in [0.2, 0.25) is 0 Å². The molecule has 0 atom stereocenters. The Morgan fingerprint density at radius 3 is 2.89 bits per heavy atom. The first-order chi connectivity index (χ1) is 9.17. The molecule has 2 rings (SSSR count). The predicted octanol–water partition coefficient (Wildman–Crippen LogP) is 1.71. The van der Waals surface area contributed by atoms with E-state index < -0.39 is 0 Å². The van der Waals surface area contributed by atoms with Crippen molar-refractivity contribution in [2.45, 2.75) is 19.9 Å². The third-order valence-electron chi connectivity index (χ3n) is 2.50. The smallest absolute Gasteiger partial charge is 0.226 e. The standard InChI is InChI=1S/C13H15N3O2S/c1-9-16-11(8-19-9)5-12(17)14-6-10-3-4-13(18-2)15-7-10/h3-4,7-8H,5-6H2,1-2H3,(H,14,17). The van der Waals surface area contributed by atoms with E-state index in [-0.39, 0.29) is 5.91 Å². The first kappa shape index (κ1) is 13.5. The number of carbonyl (C=O) groups is 1. The first-order valence-corrected chi connectivity index (χ1v) is 6.72. The summed E-state index contributed by atoms with van der Waals surface area (Å²) in [5, 5.41) is 5.72. The highest BCUT2D eigenvalue weighted by Gasteiger charge is 2.06. The summed E-state index contributed by atoms with van der Waals surface area (Å²) >= 11 is 1.55. The molecule has 1 amide bonds. The van der Waals surface area contributed by atoms with Crippen LogP contribution in [0.3, 0.4) is 0 Å². The fourth-order valence-corrected chi connectivity index (χ4v) is 2.17. The van der Waals surface area contributed by atoms with E-state index in [1.165, 1.54) is 0 Å². The number of aromatic nitrogens is 2. The van der Waals surface area contributed by atoms with Gasteiger partial charge in [-0.3, -0.25) is 4.79 Å². The van der Waals surface area contributed by atoms with Gasteiger partial charge in [0.1, 0.15) is 0 Å². The van der Waals surface area contributed by atoms with E-state index in [1.807, 2.05) is 18.4 Å². The number of hydrogen-bond donors (Lipinski definition) is 1. The zero-order valence-corrected chi connectivity index (χ0v) is 11.7. The summed E-state index contributed by atoms with van der Waals surface area (Å²) in [5.41, 5.74) is 1.75. The van der Waals surface area contributed by atoms with E-state index >= 15 is 0 Å². The molecule has 2 heterocycles. The van der Waals surface area contributed by atoms with Crippen LogP contribution in [0.25, 0.3) is 0 Å². The molecule has 1 N–H and O–H groups in total. The van der Waals surface area contributed by atoms with Crippen molar-refractivity contribution < 1.29 is 9.53 Å². The summed E-state index contributed by atoms with van der Waals surface area (Å²) in [6.45, 7) is 2.38. The number of nitrogens with one attached hydrogen (secondary N) is 1. The van der Waals surface area contributed by atoms with E-state index in [0.29, 0.717) is 18.8 Å². The zero-order valence-electron chi connectivity index (χ0n) is 10.8. The Balaban J connectivity index is 1.82. The molecule has 100 valence electrons. The number of methoxy groups -OCH3 is 1. The second-order valence-corrected chi connectivity index (χ2v) is 5.08. The van der Waals surface area contributed by atoms with Gasteiger partial charge in [0, 0.05) is 24.2 Å². The van der Waals surface area contributed by atoms with Crippen LogP contribution in [-0.4, -0.2) is 23.0 Å². The number of thiazole rings is 1. The van der Waals surface area contributed by atoms with Gasteiger partial charge in [0.2, 0.25) is 11.8 Å². The molecule has 0 saturated carbocycles. The Labute approximate surface area is 115 Å². The van der Waals surface area contributed by atoms with Crippen LogP contribution in [-0.2, 0) is 17.8 Å². The first-order valence-electron chi connectivity index (χ1n) is 5.84. The quantitative estimate of drug-likeness (QED) is 0.903. The van der Waals surface area contributed by atoms with Crippen molar-refractivity contribution in [1.82, 2.24) is 15.3 Å². The summed E-state index contributed by atoms with van der Waals surface area (Å²) in [5.74, 6) is 0.522. The number of nitrogens with zero attached hydrogens (tertiary/aromatic N) is 2. The van der Waals surface area contributed by atoms with Gasteiger partial charge in [0.25, 0.3) is 0 Å². The largest absolute Gasteiger partial charge is 0.481 e. The zero-order chi connectivity index (χ0) is 13.7. The number of ether oxygens (including phenoxy) is 1. The molecule has 0 bridgehead atoms. The second kappa shape index (κ2) is 6.29. The van der Waals surface area contributed by atoms with Gasteiger partial charge in [0.15, 0.2) is 0 Å². The molecule has 2 aromatic heterocycles. The van der Waals surface area contributed by atoms with Gasteiger partial charge >= 0.3 is 0 Å². The molecule has 0 unspecified atom stereocenters. The van der Waals surface area contributed by atoms with E-state index in [1.54, 1.807) is 30.7 Å². The van der Waals surface area contributed by atoms with Crippen LogP contribution in [0.15, 0.2) is 23.7 Å². The molecule has 19 heavy (non-hydrogen) atoms. The predicted molar refractivity (Wildman–Crippen MR) is 73.2 cm³/mol. The Morgan fingerprint density at radius 2 is 2.32 bits per heavy atom. The maximum Gasteiger partial charge on any atom is 0.226 e. The highest BCUT2D eigenvalue weighted by Crippen LogP contribution is 2.09. The molecule has 6 heteroatoms. The van der Waals surface area contributed by atoms with Crippen LogP contribution in [0.5, 0.6) is 5.88 Å². The monoisotopic (exact) mass is 277 g/mol. The second-order valence-electron chi connectivity index (χ2n) is 4.02. The van der Waals surface area contributed by atoms with Crippen molar-refractivity contribution >= 4 is 17.2 Å². The highest BCUT2D eigenvalue weighted by atomic mass is 32.1. The lowest BCUT2D eigenvalue weighted by molar-refractivity contribution is -0.120. The molecule has 0 aromatic carbocycles. The van der Waals surface area contributed by atoms with Gasteiger partial charge in [-0.25, -0.2) is 9.97 Å². The molecule has 0 saturated heterocycles. The number of rotatable bonds is 5. The average molecular weight is 277 g/mol. The van der Waals surface area contributed by atoms with Crippen LogP contribution < -0.4 is 10.1 Å². The van der Waals surface area contributed by atoms with Gasteiger partial charge in [-0.15, -0.1) is 11.3 Å². The van der Waals surface area contributed by atoms with Gasteiger partial charge in [-0.1, -0.05) is 6.07 Å². The lowest BCUT2D eigenvalue weighted by atomic mass is 10.2. The normalized spacial score (nSPS) is 10.2. The van der Waals surface area contributed by atoms with E-state index in [9.17, 15) is 4.79 Å². The van der Waals surface area contributed by atoms with Crippen molar-refractivity contribution in [3.63, 3.8) is 0 Å². The highest BCUT2D eigenvalue weighted by molar-refractivity contribution is 7.09. The number of hydrogen-bond acceptors (Lipinski definition) is 5. The van der Waals surface area contributed by atoms with Crippen molar-refractivity contribution in [2.75, 3.05) is 7.11 Å². The van der Waals surface area contributed by atoms with Crippen LogP contribution >= 0.6 is 11.3 Å². The Hall–Kier alpha value is -1.95. The number of pyridine rings is 1. The van der Waals surface area contributed by atoms with E-state index in [4.69, 9.17) is 4.74 Å². The van der Waals surface area contributed by atoms with Crippen molar-refractivity contribution in [3.8, 4) is 5.88 Å². The third kappa shape index (κ3) is 4.03. The van der Waals surface area contributed by atoms with Crippen LogP contribution in [0, 0.1) is 6.92 Å². The summed E-state index contributed by atoms with van der Waals surface area (Å²) in [7, 11) is 1.57. The minimum atomic E-state index is -0.0406. The molecule has 0 radical (unpaired) electrons. The van der Waals surface area contributed by atoms with Crippen LogP contribution in [0.1, 0.15) is 16.3 Å². The number of aryl methyl sites for hydroxylation is 1. The lowest BCUT2D eigenvalue weighted by Crippen LogP contribution is -2.24. The average Bonchev–Trinajstić information content (AvgIpc) is 2.82. The van der Waals surface area contributed by atoms with Gasteiger partial charge in [-0.2, -0.15) is 0 Å². The van der Waals surface area contributed by atoms with Gasteiger partial charge in [-0.05, 0) is 12.5 Å². The summed E-state index contributed by atoms with van der Waals surface area (Å²) in [6, 6.07) is 3.64. The van der Waals surface area contributed by atoms with E-state index in [2.05, 4.69) is 15.3 Å². The topological polar surface area (TPSA) is 64.1 Å². The molecule has 0 aliphatic rings. The molecule has 5 nitrogen and oxygen atoms in total. The van der Waals surface area contributed by atoms with Gasteiger partial charge < -0.3 is 10.1 Å². The molecular weight excluding hydrogens is 262 g/mol. The maximum absolute atomic E-state index is 11.7. The fraction of sp³-hybridized carbons (Fsp3) is 0.308. The Bertz CT molecular complexity index is 551. The van der Waals surface area contributed by atoms with Crippen LogP contribution in [0.4, 0.5) is 0 Å². The van der Waals surface area contributed by atoms with E-state index in [0.717, 1.165) is 16.3 Å². The van der Waals surface area contributed by atoms with Crippen molar-refractivity contribution in [1.29, 1.82) is 0 Å². The van der Waals surface area contributed by atoms with Gasteiger partial charge in [0.05, 0.1) is 24.2 Å². The summed E-state index contributed by atoms with van der Waals surface area (Å²) in [4.78, 5) is 20.1. The molecule has 0 aliphatic carbocycles. The third-order valence-corrected chi connectivity index (χ3v) is 3.33. The summed E-state index contributed by atoms with van der Waals surface area (Å²) < 4.78 is 4.97. The van der Waals surface area contributed by atoms with Crippen molar-refractivity contribution in [2.24, 2.45) is 0 Å². The molecule has 0 fully saturated rings.